The average Bonchev–Trinajstić information content (AvgIpc) is 2.49. The van der Waals surface area contributed by atoms with Gasteiger partial charge >= 0.3 is 0 Å². The molecule has 0 saturated carbocycles. The van der Waals surface area contributed by atoms with E-state index in [1.807, 2.05) is 0 Å². The fourth-order valence-electron chi connectivity index (χ4n) is 3.13. The van der Waals surface area contributed by atoms with Gasteiger partial charge in [0.2, 0.25) is 0 Å². The number of halogens is 2. The van der Waals surface area contributed by atoms with Crippen molar-refractivity contribution in [1.82, 2.24) is 0 Å². The largest absolute Gasteiger partial charge is 1.00 e. The second-order valence-corrected chi connectivity index (χ2v) is 8.05. The smallest absolute Gasteiger partial charge is 0.0782 e. The Kier molecular flexibility index (Phi) is 21.5. The topological polar surface area (TPSA) is 0 Å². The normalized spacial score (nSPS) is 11.5. The van der Waals surface area contributed by atoms with E-state index in [0.717, 1.165) is 5.88 Å². The number of hydrogen-bond donors (Lipinski definition) is 0. The third-order valence-corrected chi connectivity index (χ3v) is 5.03. The summed E-state index contributed by atoms with van der Waals surface area (Å²) in [6.07, 6.45) is 19.6. The summed E-state index contributed by atoms with van der Waals surface area (Å²) < 4.78 is 1.21. The van der Waals surface area contributed by atoms with Gasteiger partial charge in [0.1, 0.15) is 0 Å². The van der Waals surface area contributed by atoms with Gasteiger partial charge in [0.25, 0.3) is 0 Å². The summed E-state index contributed by atoms with van der Waals surface area (Å²) in [6.45, 7) is 4.98. The van der Waals surface area contributed by atoms with Crippen molar-refractivity contribution in [3.8, 4) is 0 Å². The minimum atomic E-state index is 0. The van der Waals surface area contributed by atoms with Gasteiger partial charge in [-0.15, -0.1) is 11.6 Å². The lowest BCUT2D eigenvalue weighted by Gasteiger charge is -2.30. The first-order valence-electron chi connectivity index (χ1n) is 10.0. The van der Waals surface area contributed by atoms with Crippen LogP contribution < -0.4 is 17.0 Å². The molecule has 0 aliphatic rings. The standard InChI is InChI=1S/C20H43ClN.BrH/c1-4-5-6-7-8-9-10-11-13-16-19-22(2,3)20-17-14-12-15-18-21;/h4-20H2,1-3H3;1H/q+1;/p-1. The van der Waals surface area contributed by atoms with E-state index >= 15 is 0 Å². The van der Waals surface area contributed by atoms with Gasteiger partial charge in [-0.3, -0.25) is 0 Å². The second kappa shape index (κ2) is 19.1. The lowest BCUT2D eigenvalue weighted by molar-refractivity contribution is -0.890. The molecule has 0 bridgehead atoms. The van der Waals surface area contributed by atoms with Crippen LogP contribution >= 0.6 is 11.6 Å². The molecule has 0 unspecified atom stereocenters. The van der Waals surface area contributed by atoms with Gasteiger partial charge in [0.15, 0.2) is 0 Å². The Morgan fingerprint density at radius 2 is 0.913 bits per heavy atom. The van der Waals surface area contributed by atoms with Crippen molar-refractivity contribution in [3.63, 3.8) is 0 Å². The van der Waals surface area contributed by atoms with E-state index in [1.54, 1.807) is 0 Å². The molecule has 0 atom stereocenters. The van der Waals surface area contributed by atoms with Crippen molar-refractivity contribution in [1.29, 1.82) is 0 Å². The van der Waals surface area contributed by atoms with Crippen LogP contribution in [0, 0.1) is 0 Å². The van der Waals surface area contributed by atoms with Crippen molar-refractivity contribution >= 4 is 11.6 Å². The van der Waals surface area contributed by atoms with Crippen LogP contribution in [0.1, 0.15) is 96.8 Å². The summed E-state index contributed by atoms with van der Waals surface area (Å²) in [5, 5.41) is 0. The lowest BCUT2D eigenvalue weighted by atomic mass is 10.1. The third-order valence-electron chi connectivity index (χ3n) is 4.76. The van der Waals surface area contributed by atoms with Crippen molar-refractivity contribution in [2.24, 2.45) is 0 Å². The molecule has 0 fully saturated rings. The molecule has 23 heavy (non-hydrogen) atoms. The molecule has 0 spiro atoms. The lowest BCUT2D eigenvalue weighted by Crippen LogP contribution is -3.00. The summed E-state index contributed by atoms with van der Waals surface area (Å²) >= 11 is 5.72. The van der Waals surface area contributed by atoms with Gasteiger partial charge in [0.05, 0.1) is 27.2 Å². The number of alkyl halides is 1. The zero-order valence-electron chi connectivity index (χ0n) is 16.2. The minimum Gasteiger partial charge on any atom is -1.00 e. The minimum absolute atomic E-state index is 0. The number of nitrogens with zero attached hydrogens (tertiary/aromatic N) is 1. The fraction of sp³-hybridized carbons (Fsp3) is 1.00. The molecule has 0 N–H and O–H groups in total. The Morgan fingerprint density at radius 3 is 1.30 bits per heavy atom. The molecule has 142 valence electrons. The number of quaternary nitrogens is 1. The summed E-state index contributed by atoms with van der Waals surface area (Å²) in [5.41, 5.74) is 0. The Bertz CT molecular complexity index is 222. The monoisotopic (exact) mass is 411 g/mol. The summed E-state index contributed by atoms with van der Waals surface area (Å²) in [6, 6.07) is 0. The van der Waals surface area contributed by atoms with Crippen LogP contribution in [-0.2, 0) is 0 Å². The zero-order chi connectivity index (χ0) is 16.5. The van der Waals surface area contributed by atoms with Gasteiger partial charge in [-0.2, -0.15) is 0 Å². The Labute approximate surface area is 162 Å². The predicted octanol–water partition coefficient (Wildman–Crippen LogP) is 3.79. The summed E-state index contributed by atoms with van der Waals surface area (Å²) in [5.74, 6) is 0.830. The van der Waals surface area contributed by atoms with Gasteiger partial charge in [-0.25, -0.2) is 0 Å². The highest BCUT2D eigenvalue weighted by molar-refractivity contribution is 6.17. The van der Waals surface area contributed by atoms with E-state index in [2.05, 4.69) is 21.0 Å². The molecule has 0 rings (SSSR count). The summed E-state index contributed by atoms with van der Waals surface area (Å²) in [4.78, 5) is 0. The average molecular weight is 413 g/mol. The van der Waals surface area contributed by atoms with Crippen LogP contribution in [0.3, 0.4) is 0 Å². The molecule has 0 aromatic carbocycles. The quantitative estimate of drug-likeness (QED) is 0.194. The molecular weight excluding hydrogens is 370 g/mol. The zero-order valence-corrected chi connectivity index (χ0v) is 18.6. The van der Waals surface area contributed by atoms with Crippen LogP contribution in [0.5, 0.6) is 0 Å². The molecule has 0 aromatic rings. The van der Waals surface area contributed by atoms with E-state index in [0.29, 0.717) is 0 Å². The highest BCUT2D eigenvalue weighted by Gasteiger charge is 2.13. The first-order chi connectivity index (χ1) is 10.6. The van der Waals surface area contributed by atoms with Crippen molar-refractivity contribution in [2.45, 2.75) is 96.8 Å². The Hall–Kier alpha value is 0.730. The van der Waals surface area contributed by atoms with E-state index in [-0.39, 0.29) is 17.0 Å². The fourth-order valence-corrected chi connectivity index (χ4v) is 3.32. The van der Waals surface area contributed by atoms with Crippen molar-refractivity contribution in [2.75, 3.05) is 33.1 Å². The molecule has 0 aromatic heterocycles. The maximum absolute atomic E-state index is 5.72. The van der Waals surface area contributed by atoms with Gasteiger partial charge in [-0.1, -0.05) is 64.7 Å². The van der Waals surface area contributed by atoms with E-state index in [9.17, 15) is 0 Å². The first-order valence-corrected chi connectivity index (χ1v) is 10.5. The molecule has 1 nitrogen and oxygen atoms in total. The molecule has 0 saturated heterocycles. The van der Waals surface area contributed by atoms with Gasteiger partial charge < -0.3 is 21.5 Å². The molecule has 0 amide bonds. The molecule has 0 aliphatic heterocycles. The van der Waals surface area contributed by atoms with Crippen LogP contribution in [0.4, 0.5) is 0 Å². The Morgan fingerprint density at radius 1 is 0.565 bits per heavy atom. The maximum atomic E-state index is 5.72. The van der Waals surface area contributed by atoms with E-state index < -0.39 is 0 Å². The number of unbranched alkanes of at least 4 members (excludes halogenated alkanes) is 12. The van der Waals surface area contributed by atoms with Crippen molar-refractivity contribution in [3.05, 3.63) is 0 Å². The van der Waals surface area contributed by atoms with Crippen LogP contribution in [0.25, 0.3) is 0 Å². The predicted molar refractivity (Wildman–Crippen MR) is 103 cm³/mol. The number of rotatable bonds is 17. The van der Waals surface area contributed by atoms with Gasteiger partial charge in [0, 0.05) is 5.88 Å². The molecule has 0 aliphatic carbocycles. The Balaban J connectivity index is 0. The number of hydrogen-bond acceptors (Lipinski definition) is 0. The van der Waals surface area contributed by atoms with Crippen LogP contribution in [0.15, 0.2) is 0 Å². The van der Waals surface area contributed by atoms with Crippen LogP contribution in [0.2, 0.25) is 0 Å². The molecule has 0 radical (unpaired) electrons. The molecule has 3 heteroatoms. The van der Waals surface area contributed by atoms with E-state index in [4.69, 9.17) is 11.6 Å². The van der Waals surface area contributed by atoms with Gasteiger partial charge in [-0.05, 0) is 32.1 Å². The first kappa shape index (κ1) is 26.0. The SMILES string of the molecule is CCCCCCCCCCCC[N+](C)(C)CCCCCCCl.[Br-]. The molecular formula is C20H43BrClN. The maximum Gasteiger partial charge on any atom is 0.0782 e. The second-order valence-electron chi connectivity index (χ2n) is 7.67. The highest BCUT2D eigenvalue weighted by atomic mass is 79.9. The molecule has 0 heterocycles. The van der Waals surface area contributed by atoms with Crippen LogP contribution in [-0.4, -0.2) is 37.5 Å². The third kappa shape index (κ3) is 20.7. The summed E-state index contributed by atoms with van der Waals surface area (Å²) in [7, 11) is 4.80. The van der Waals surface area contributed by atoms with E-state index in [1.165, 1.54) is 107 Å². The highest BCUT2D eigenvalue weighted by Crippen LogP contribution is 2.12. The van der Waals surface area contributed by atoms with Crippen molar-refractivity contribution < 1.29 is 21.5 Å².